The molecule has 0 aliphatic rings. The highest BCUT2D eigenvalue weighted by Crippen LogP contribution is 2.12. The molecule has 0 bridgehead atoms. The van der Waals surface area contributed by atoms with Crippen molar-refractivity contribution in [3.63, 3.8) is 0 Å². The van der Waals surface area contributed by atoms with Crippen LogP contribution < -0.4 is 10.1 Å². The fourth-order valence-electron chi connectivity index (χ4n) is 1.18. The first-order valence-corrected chi connectivity index (χ1v) is 5.56. The van der Waals surface area contributed by atoms with Crippen molar-refractivity contribution in [2.75, 3.05) is 18.5 Å². The summed E-state index contributed by atoms with van der Waals surface area (Å²) in [4.78, 5) is 18.6. The van der Waals surface area contributed by atoms with Crippen molar-refractivity contribution in [3.8, 4) is 5.88 Å². The molecule has 2 N–H and O–H groups in total. The van der Waals surface area contributed by atoms with Gasteiger partial charge in [-0.15, -0.1) is 0 Å². The summed E-state index contributed by atoms with van der Waals surface area (Å²) in [6.07, 6.45) is 0.938. The van der Waals surface area contributed by atoms with Crippen LogP contribution in [0.5, 0.6) is 5.88 Å². The third kappa shape index (κ3) is 5.14. The van der Waals surface area contributed by atoms with Crippen LogP contribution in [-0.4, -0.2) is 34.2 Å². The fourth-order valence-corrected chi connectivity index (χ4v) is 1.18. The van der Waals surface area contributed by atoms with Gasteiger partial charge in [0, 0.05) is 18.3 Å². The molecule has 94 valence electrons. The van der Waals surface area contributed by atoms with Gasteiger partial charge in [0.05, 0.1) is 13.0 Å². The van der Waals surface area contributed by atoms with Gasteiger partial charge in [0.2, 0.25) is 11.8 Å². The van der Waals surface area contributed by atoms with Gasteiger partial charge >= 0.3 is 5.97 Å². The first-order valence-electron chi connectivity index (χ1n) is 5.56. The summed E-state index contributed by atoms with van der Waals surface area (Å²) in [7, 11) is 0. The lowest BCUT2D eigenvalue weighted by atomic mass is 10.4. The maximum Gasteiger partial charge on any atom is 0.305 e. The van der Waals surface area contributed by atoms with Crippen LogP contribution in [0.25, 0.3) is 0 Å². The maximum absolute atomic E-state index is 10.4. The van der Waals surface area contributed by atoms with Crippen LogP contribution in [0.15, 0.2) is 6.07 Å². The van der Waals surface area contributed by atoms with Gasteiger partial charge in [-0.25, -0.2) is 4.98 Å². The molecule has 0 aliphatic heterocycles. The highest BCUT2D eigenvalue weighted by Gasteiger charge is 2.03. The number of aryl methyl sites for hydroxylation is 1. The molecule has 0 radical (unpaired) electrons. The Labute approximate surface area is 100 Å². The Kier molecular flexibility index (Phi) is 5.19. The molecule has 0 spiro atoms. The van der Waals surface area contributed by atoms with E-state index < -0.39 is 5.97 Å². The van der Waals surface area contributed by atoms with E-state index in [1.54, 1.807) is 6.07 Å². The summed E-state index contributed by atoms with van der Waals surface area (Å²) < 4.78 is 5.40. The van der Waals surface area contributed by atoms with E-state index in [1.807, 2.05) is 13.8 Å². The number of hydrogen-bond acceptors (Lipinski definition) is 5. The zero-order valence-corrected chi connectivity index (χ0v) is 10.1. The second kappa shape index (κ2) is 6.67. The van der Waals surface area contributed by atoms with Crippen LogP contribution >= 0.6 is 0 Å². The minimum atomic E-state index is -0.854. The highest BCUT2D eigenvalue weighted by atomic mass is 16.5. The van der Waals surface area contributed by atoms with E-state index in [0.29, 0.717) is 25.0 Å². The van der Waals surface area contributed by atoms with Crippen LogP contribution in [0.1, 0.15) is 25.5 Å². The lowest BCUT2D eigenvalue weighted by Gasteiger charge is -2.08. The van der Waals surface area contributed by atoms with E-state index in [0.717, 1.165) is 12.1 Å². The molecule has 0 aromatic carbocycles. The number of hydrogen-bond donors (Lipinski definition) is 2. The maximum atomic E-state index is 10.4. The zero-order chi connectivity index (χ0) is 12.7. The minimum absolute atomic E-state index is 0.0302. The summed E-state index contributed by atoms with van der Waals surface area (Å²) in [6.45, 7) is 4.75. The second-order valence-electron chi connectivity index (χ2n) is 3.59. The Bertz CT molecular complexity index is 382. The molecule has 0 atom stereocenters. The molecule has 0 fully saturated rings. The quantitative estimate of drug-likeness (QED) is 0.749. The van der Waals surface area contributed by atoms with E-state index in [2.05, 4.69) is 15.3 Å². The van der Waals surface area contributed by atoms with E-state index in [9.17, 15) is 4.79 Å². The fraction of sp³-hybridized carbons (Fsp3) is 0.545. The normalized spacial score (nSPS) is 10.0. The number of nitrogens with one attached hydrogen (secondary N) is 1. The lowest BCUT2D eigenvalue weighted by molar-refractivity contribution is -0.136. The molecule has 1 heterocycles. The Balaban J connectivity index is 2.58. The van der Waals surface area contributed by atoms with Crippen molar-refractivity contribution < 1.29 is 14.6 Å². The van der Waals surface area contributed by atoms with E-state index in [-0.39, 0.29) is 6.42 Å². The number of nitrogens with zero attached hydrogens (tertiary/aromatic N) is 2. The SMILES string of the molecule is CCCOc1cc(C)nc(NCCC(=O)O)n1. The van der Waals surface area contributed by atoms with Crippen molar-refractivity contribution in [2.45, 2.75) is 26.7 Å². The number of aromatic nitrogens is 2. The van der Waals surface area contributed by atoms with Crippen molar-refractivity contribution in [3.05, 3.63) is 11.8 Å². The van der Waals surface area contributed by atoms with E-state index in [1.165, 1.54) is 0 Å². The largest absolute Gasteiger partial charge is 0.481 e. The number of carboxylic acids is 1. The van der Waals surface area contributed by atoms with Gasteiger partial charge in [-0.2, -0.15) is 4.98 Å². The van der Waals surface area contributed by atoms with Gasteiger partial charge in [-0.05, 0) is 13.3 Å². The van der Waals surface area contributed by atoms with Gasteiger partial charge in [0.1, 0.15) is 0 Å². The first-order chi connectivity index (χ1) is 8.11. The van der Waals surface area contributed by atoms with E-state index in [4.69, 9.17) is 9.84 Å². The molecule has 0 amide bonds. The molecule has 1 rings (SSSR count). The molecule has 0 unspecified atom stereocenters. The zero-order valence-electron chi connectivity index (χ0n) is 10.1. The molecule has 17 heavy (non-hydrogen) atoms. The highest BCUT2D eigenvalue weighted by molar-refractivity contribution is 5.67. The summed E-state index contributed by atoms with van der Waals surface area (Å²) in [5.74, 6) is 0.0575. The van der Waals surface area contributed by atoms with Crippen LogP contribution in [0, 0.1) is 6.92 Å². The molecule has 6 nitrogen and oxygen atoms in total. The average Bonchev–Trinajstić information content (AvgIpc) is 2.25. The average molecular weight is 239 g/mol. The first kappa shape index (κ1) is 13.2. The molecule has 1 aromatic rings. The molecule has 1 aromatic heterocycles. The van der Waals surface area contributed by atoms with E-state index >= 15 is 0 Å². The Morgan fingerprint density at radius 2 is 2.29 bits per heavy atom. The van der Waals surface area contributed by atoms with Crippen LogP contribution in [0.4, 0.5) is 5.95 Å². The summed E-state index contributed by atoms with van der Waals surface area (Å²) >= 11 is 0. The number of carboxylic acid groups (broad SMARTS) is 1. The Hall–Kier alpha value is -1.85. The second-order valence-corrected chi connectivity index (χ2v) is 3.59. The number of aliphatic carboxylic acids is 1. The lowest BCUT2D eigenvalue weighted by Crippen LogP contribution is -2.11. The van der Waals surface area contributed by atoms with Crippen LogP contribution in [0.3, 0.4) is 0 Å². The predicted octanol–water partition coefficient (Wildman–Crippen LogP) is 1.46. The number of carbonyl (C=O) groups is 1. The third-order valence-corrected chi connectivity index (χ3v) is 1.91. The van der Waals surface area contributed by atoms with Crippen LogP contribution in [-0.2, 0) is 4.79 Å². The smallest absolute Gasteiger partial charge is 0.305 e. The predicted molar refractivity (Wildman–Crippen MR) is 63.3 cm³/mol. The summed E-state index contributed by atoms with van der Waals surface area (Å²) in [6, 6.07) is 1.75. The monoisotopic (exact) mass is 239 g/mol. The number of rotatable bonds is 7. The van der Waals surface area contributed by atoms with Gasteiger partial charge in [-0.3, -0.25) is 4.79 Å². The van der Waals surface area contributed by atoms with Gasteiger partial charge in [0.15, 0.2) is 0 Å². The van der Waals surface area contributed by atoms with Gasteiger partial charge in [0.25, 0.3) is 0 Å². The minimum Gasteiger partial charge on any atom is -0.481 e. The Morgan fingerprint density at radius 1 is 1.53 bits per heavy atom. The number of anilines is 1. The van der Waals surface area contributed by atoms with Crippen molar-refractivity contribution in [1.29, 1.82) is 0 Å². The summed E-state index contributed by atoms with van der Waals surface area (Å²) in [5.41, 5.74) is 0.781. The molecule has 6 heteroatoms. The van der Waals surface area contributed by atoms with Crippen LogP contribution in [0.2, 0.25) is 0 Å². The standard InChI is InChI=1S/C11H17N3O3/c1-3-6-17-9-7-8(2)13-11(14-9)12-5-4-10(15)16/h7H,3-6H2,1-2H3,(H,15,16)(H,12,13,14). The van der Waals surface area contributed by atoms with Crippen molar-refractivity contribution in [1.82, 2.24) is 9.97 Å². The molecular formula is C11H17N3O3. The summed E-state index contributed by atoms with van der Waals surface area (Å²) in [5, 5.41) is 11.4. The number of ether oxygens (including phenoxy) is 1. The Morgan fingerprint density at radius 3 is 2.94 bits per heavy atom. The third-order valence-electron chi connectivity index (χ3n) is 1.91. The molecule has 0 aliphatic carbocycles. The van der Waals surface area contributed by atoms with Crippen molar-refractivity contribution in [2.24, 2.45) is 0 Å². The molecule has 0 saturated heterocycles. The molecule has 0 saturated carbocycles. The van der Waals surface area contributed by atoms with Crippen molar-refractivity contribution >= 4 is 11.9 Å². The van der Waals surface area contributed by atoms with Gasteiger partial charge in [-0.1, -0.05) is 6.92 Å². The topological polar surface area (TPSA) is 84.3 Å². The van der Waals surface area contributed by atoms with Gasteiger partial charge < -0.3 is 15.2 Å². The molecular weight excluding hydrogens is 222 g/mol.